The Morgan fingerprint density at radius 3 is 2.51 bits per heavy atom. The van der Waals surface area contributed by atoms with E-state index in [-0.39, 0.29) is 71.3 Å². The second kappa shape index (κ2) is 14.3. The third-order valence-electron chi connectivity index (χ3n) is 11.3. The molecule has 2 N–H and O–H groups in total. The average Bonchev–Trinajstić information content (AvgIpc) is 3.56. The Balaban J connectivity index is 1.51. The molecule has 248 valence electrons. The molecule has 3 aliphatic carbocycles. The molecule has 1 aromatic rings. The first-order valence-corrected chi connectivity index (χ1v) is 17.0. The van der Waals surface area contributed by atoms with Crippen LogP contribution in [0.1, 0.15) is 85.5 Å². The summed E-state index contributed by atoms with van der Waals surface area (Å²) in [5.41, 5.74) is 1.50. The number of aliphatic hydroxyl groups excluding tert-OH is 1. The molecule has 0 amide bonds. The number of methoxy groups -OCH3 is 2. The fraction of sp³-hybridized carbons (Fsp3) is 0.676. The van der Waals surface area contributed by atoms with Crippen molar-refractivity contribution in [2.45, 2.75) is 110 Å². The predicted octanol–water partition coefficient (Wildman–Crippen LogP) is 6.79. The zero-order chi connectivity index (χ0) is 32.3. The van der Waals surface area contributed by atoms with Gasteiger partial charge < -0.3 is 29.4 Å². The molecule has 0 spiro atoms. The Kier molecular flexibility index (Phi) is 10.6. The number of rotatable bonds is 8. The summed E-state index contributed by atoms with van der Waals surface area (Å²) in [6.07, 6.45) is 7.77. The number of benzene rings is 1. The lowest BCUT2D eigenvalue weighted by atomic mass is 9.56. The SMILES string of the molecule is CC[C@H]1CCCC[C@@H](C)C(=O)C2=C[C@]3(C)[C@@H]([C@@H](Nc4ccccc4)C[C@@H]4C[C@@H](O[C@H](O)/C(OC)=C(/C)OC)C[C@H]43)[C@@H]2CC(=O)O1. The molecular formula is C37H53NO7. The summed E-state index contributed by atoms with van der Waals surface area (Å²) >= 11 is 0. The molecule has 10 atom stereocenters. The number of anilines is 1. The third kappa shape index (κ3) is 6.97. The standard InChI is InChI=1S/C37H53NO7/c1-7-26-16-12-11-13-22(2)34(40)29-21-37(4)30-19-27(45-36(41)35(43-6)23(3)42-5)17-24(30)18-31(38-25-14-9-8-10-15-25)33(37)28(29)20-32(39)44-26/h8-10,14-15,21-22,24,26-28,30-31,33,36,38,41H,7,11-13,16-20H2,1-6H3/b35-23+/t22-,24+,26+,27-,28-,30-,31+,33-,36+,37+/m1/s1. The van der Waals surface area contributed by atoms with Crippen LogP contribution in [0.2, 0.25) is 0 Å². The van der Waals surface area contributed by atoms with Crippen molar-refractivity contribution in [3.8, 4) is 0 Å². The molecule has 0 bridgehead atoms. The zero-order valence-electron chi connectivity index (χ0n) is 27.9. The topological polar surface area (TPSA) is 103 Å². The van der Waals surface area contributed by atoms with Crippen molar-refractivity contribution in [2.75, 3.05) is 19.5 Å². The van der Waals surface area contributed by atoms with Crippen molar-refractivity contribution in [3.63, 3.8) is 0 Å². The van der Waals surface area contributed by atoms with Gasteiger partial charge in [0.15, 0.2) is 11.5 Å². The number of allylic oxidation sites excluding steroid dienone is 3. The van der Waals surface area contributed by atoms with Crippen molar-refractivity contribution in [1.82, 2.24) is 0 Å². The molecule has 0 unspecified atom stereocenters. The van der Waals surface area contributed by atoms with E-state index in [4.69, 9.17) is 18.9 Å². The fourth-order valence-corrected chi connectivity index (χ4v) is 9.06. The van der Waals surface area contributed by atoms with Gasteiger partial charge in [0.2, 0.25) is 6.29 Å². The van der Waals surface area contributed by atoms with Crippen LogP contribution < -0.4 is 5.32 Å². The number of hydrogen-bond donors (Lipinski definition) is 2. The van der Waals surface area contributed by atoms with Gasteiger partial charge in [-0.05, 0) is 92.7 Å². The van der Waals surface area contributed by atoms with Crippen LogP contribution in [0.4, 0.5) is 5.69 Å². The zero-order valence-corrected chi connectivity index (χ0v) is 27.9. The van der Waals surface area contributed by atoms with E-state index in [1.54, 1.807) is 6.92 Å². The molecule has 5 rings (SSSR count). The maximum atomic E-state index is 14.2. The fourth-order valence-electron chi connectivity index (χ4n) is 9.06. The van der Waals surface area contributed by atoms with Crippen LogP contribution in [0.3, 0.4) is 0 Å². The van der Waals surface area contributed by atoms with E-state index in [0.29, 0.717) is 11.7 Å². The Bertz CT molecular complexity index is 1260. The van der Waals surface area contributed by atoms with Gasteiger partial charge in [0.25, 0.3) is 0 Å². The Morgan fingerprint density at radius 1 is 1.09 bits per heavy atom. The molecule has 2 saturated carbocycles. The van der Waals surface area contributed by atoms with Crippen molar-refractivity contribution < 1.29 is 33.6 Å². The lowest BCUT2D eigenvalue weighted by Crippen LogP contribution is -2.51. The molecule has 45 heavy (non-hydrogen) atoms. The minimum absolute atomic E-state index is 0.0227. The molecule has 8 heteroatoms. The number of fused-ring (bicyclic) bond motifs is 5. The summed E-state index contributed by atoms with van der Waals surface area (Å²) in [5, 5.41) is 14.8. The quantitative estimate of drug-likeness (QED) is 0.185. The van der Waals surface area contributed by atoms with E-state index in [2.05, 4.69) is 44.3 Å². The third-order valence-corrected chi connectivity index (χ3v) is 11.3. The molecule has 1 aliphatic heterocycles. The first kappa shape index (κ1) is 33.5. The predicted molar refractivity (Wildman–Crippen MR) is 173 cm³/mol. The number of hydrogen-bond acceptors (Lipinski definition) is 8. The van der Waals surface area contributed by atoms with Crippen molar-refractivity contribution in [2.24, 2.45) is 35.0 Å². The highest BCUT2D eigenvalue weighted by Gasteiger charge is 2.61. The minimum Gasteiger partial charge on any atom is -0.498 e. The molecule has 1 saturated heterocycles. The highest BCUT2D eigenvalue weighted by molar-refractivity contribution is 5.98. The van der Waals surface area contributed by atoms with Gasteiger partial charge in [-0.2, -0.15) is 0 Å². The van der Waals surface area contributed by atoms with Crippen LogP contribution in [-0.4, -0.2) is 55.6 Å². The molecule has 4 aliphatic rings. The smallest absolute Gasteiger partial charge is 0.306 e. The van der Waals surface area contributed by atoms with Crippen LogP contribution in [0, 0.1) is 35.0 Å². The number of ether oxygens (including phenoxy) is 4. The highest BCUT2D eigenvalue weighted by atomic mass is 16.6. The lowest BCUT2D eigenvalue weighted by molar-refractivity contribution is -0.151. The summed E-state index contributed by atoms with van der Waals surface area (Å²) in [6.45, 7) is 8.16. The van der Waals surface area contributed by atoms with E-state index >= 15 is 0 Å². The van der Waals surface area contributed by atoms with Gasteiger partial charge in [-0.3, -0.25) is 9.59 Å². The normalized spacial score (nSPS) is 36.6. The largest absolute Gasteiger partial charge is 0.498 e. The maximum absolute atomic E-state index is 14.2. The first-order chi connectivity index (χ1) is 21.6. The number of para-hydroxylation sites is 1. The lowest BCUT2D eigenvalue weighted by Gasteiger charge is -2.51. The number of esters is 1. The molecule has 1 aromatic carbocycles. The second-order valence-electron chi connectivity index (χ2n) is 14.0. The van der Waals surface area contributed by atoms with E-state index < -0.39 is 6.29 Å². The molecule has 3 fully saturated rings. The Hall–Kier alpha value is -2.84. The van der Waals surface area contributed by atoms with Crippen molar-refractivity contribution in [1.29, 1.82) is 0 Å². The van der Waals surface area contributed by atoms with Crippen LogP contribution in [0.5, 0.6) is 0 Å². The summed E-state index contributed by atoms with van der Waals surface area (Å²) in [5.74, 6) is 0.958. The summed E-state index contributed by atoms with van der Waals surface area (Å²) in [6, 6.07) is 10.3. The minimum atomic E-state index is -1.23. The molecule has 0 radical (unpaired) electrons. The number of carbonyl (C=O) groups excluding carboxylic acids is 2. The summed E-state index contributed by atoms with van der Waals surface area (Å²) in [4.78, 5) is 27.8. The van der Waals surface area contributed by atoms with Gasteiger partial charge in [0.1, 0.15) is 11.9 Å². The molecule has 0 aromatic heterocycles. The number of nitrogens with one attached hydrogen (secondary N) is 1. The second-order valence-corrected chi connectivity index (χ2v) is 14.0. The Morgan fingerprint density at radius 2 is 1.82 bits per heavy atom. The average molecular weight is 624 g/mol. The number of aliphatic hydroxyl groups is 1. The van der Waals surface area contributed by atoms with Crippen LogP contribution in [0.25, 0.3) is 0 Å². The van der Waals surface area contributed by atoms with Gasteiger partial charge in [0.05, 0.1) is 26.7 Å². The van der Waals surface area contributed by atoms with Crippen molar-refractivity contribution >= 4 is 17.4 Å². The van der Waals surface area contributed by atoms with E-state index in [1.807, 2.05) is 18.2 Å². The summed E-state index contributed by atoms with van der Waals surface area (Å²) < 4.78 is 23.0. The van der Waals surface area contributed by atoms with Crippen molar-refractivity contribution in [3.05, 3.63) is 53.5 Å². The van der Waals surface area contributed by atoms with Gasteiger partial charge in [-0.15, -0.1) is 0 Å². The van der Waals surface area contributed by atoms with Gasteiger partial charge in [-0.1, -0.05) is 51.5 Å². The van der Waals surface area contributed by atoms with Gasteiger partial charge >= 0.3 is 5.97 Å². The van der Waals surface area contributed by atoms with E-state index in [1.165, 1.54) is 14.2 Å². The molecule has 1 heterocycles. The monoisotopic (exact) mass is 623 g/mol. The van der Waals surface area contributed by atoms with Gasteiger partial charge in [-0.25, -0.2) is 0 Å². The number of cyclic esters (lactones) is 1. The van der Waals surface area contributed by atoms with Gasteiger partial charge in [0, 0.05) is 23.6 Å². The van der Waals surface area contributed by atoms with E-state index in [9.17, 15) is 14.7 Å². The van der Waals surface area contributed by atoms with Crippen LogP contribution in [0.15, 0.2) is 53.5 Å². The number of carbonyl (C=O) groups is 2. The maximum Gasteiger partial charge on any atom is 0.306 e. The van der Waals surface area contributed by atoms with Crippen LogP contribution >= 0.6 is 0 Å². The van der Waals surface area contributed by atoms with E-state index in [0.717, 1.165) is 62.6 Å². The highest BCUT2D eigenvalue weighted by Crippen LogP contribution is 2.63. The molecular weight excluding hydrogens is 570 g/mol. The van der Waals surface area contributed by atoms with Crippen LogP contribution in [-0.2, 0) is 28.5 Å². The summed E-state index contributed by atoms with van der Waals surface area (Å²) in [7, 11) is 3.04. The number of Topliss-reactive ketones (excluding diaryl/α,β-unsaturated/α-hetero) is 1. The molecule has 8 nitrogen and oxygen atoms in total. The number of ketones is 1. The Labute approximate surface area is 268 Å². The first-order valence-electron chi connectivity index (χ1n) is 17.0.